The zero-order valence-corrected chi connectivity index (χ0v) is 13.7. The van der Waals surface area contributed by atoms with Crippen LogP contribution in [0.3, 0.4) is 0 Å². The molecule has 0 atom stereocenters. The van der Waals surface area contributed by atoms with Gasteiger partial charge in [0.15, 0.2) is 0 Å². The monoisotopic (exact) mass is 333 g/mol. The van der Waals surface area contributed by atoms with E-state index in [1.165, 1.54) is 48.6 Å². The van der Waals surface area contributed by atoms with Gasteiger partial charge >= 0.3 is 0 Å². The second-order valence-corrected chi connectivity index (χ2v) is 8.42. The van der Waals surface area contributed by atoms with Crippen LogP contribution in [0.5, 0.6) is 0 Å². The first-order valence-corrected chi connectivity index (χ1v) is 9.00. The number of benzene rings is 1. The maximum absolute atomic E-state index is 3.98. The zero-order valence-electron chi connectivity index (χ0n) is 12.1. The minimum Gasteiger partial charge on any atom is -0.311 e. The van der Waals surface area contributed by atoms with Crippen LogP contribution in [0.15, 0.2) is 28.7 Å². The SMILES string of the molecule is Brc1cccc(CCNC23CC4CC(CC(C4)C2)C3)c1. The van der Waals surface area contributed by atoms with Crippen molar-refractivity contribution in [3.8, 4) is 0 Å². The van der Waals surface area contributed by atoms with E-state index in [2.05, 4.69) is 45.5 Å². The summed E-state index contributed by atoms with van der Waals surface area (Å²) in [6.45, 7) is 1.14. The van der Waals surface area contributed by atoms with Crippen LogP contribution in [0, 0.1) is 17.8 Å². The van der Waals surface area contributed by atoms with Crippen molar-refractivity contribution >= 4 is 15.9 Å². The largest absolute Gasteiger partial charge is 0.311 e. The molecule has 0 spiro atoms. The van der Waals surface area contributed by atoms with E-state index in [1.807, 2.05) is 0 Å². The Morgan fingerprint density at radius 1 is 1.05 bits per heavy atom. The zero-order chi connectivity index (χ0) is 13.6. The third kappa shape index (κ3) is 2.57. The van der Waals surface area contributed by atoms with Gasteiger partial charge in [-0.3, -0.25) is 0 Å². The molecule has 0 aromatic heterocycles. The quantitative estimate of drug-likeness (QED) is 0.852. The van der Waals surface area contributed by atoms with Gasteiger partial charge in [0.25, 0.3) is 0 Å². The molecule has 4 fully saturated rings. The average molecular weight is 334 g/mol. The molecule has 2 heteroatoms. The third-order valence-electron chi connectivity index (χ3n) is 5.84. The molecule has 0 radical (unpaired) electrons. The van der Waals surface area contributed by atoms with E-state index in [9.17, 15) is 0 Å². The van der Waals surface area contributed by atoms with E-state index in [-0.39, 0.29) is 0 Å². The topological polar surface area (TPSA) is 12.0 Å². The van der Waals surface area contributed by atoms with Crippen molar-refractivity contribution in [1.29, 1.82) is 0 Å². The fraction of sp³-hybridized carbons (Fsp3) is 0.667. The molecule has 1 nitrogen and oxygen atoms in total. The van der Waals surface area contributed by atoms with Crippen LogP contribution in [-0.2, 0) is 6.42 Å². The van der Waals surface area contributed by atoms with Gasteiger partial charge in [-0.25, -0.2) is 0 Å². The van der Waals surface area contributed by atoms with Crippen LogP contribution in [0.2, 0.25) is 0 Å². The summed E-state index contributed by atoms with van der Waals surface area (Å²) >= 11 is 3.57. The van der Waals surface area contributed by atoms with Gasteiger partial charge < -0.3 is 5.32 Å². The fourth-order valence-corrected chi connectivity index (χ4v) is 5.94. The lowest BCUT2D eigenvalue weighted by Gasteiger charge is -2.57. The van der Waals surface area contributed by atoms with E-state index in [1.54, 1.807) is 0 Å². The van der Waals surface area contributed by atoms with Crippen LogP contribution in [0.4, 0.5) is 0 Å². The predicted octanol–water partition coefficient (Wildman–Crippen LogP) is 4.55. The highest BCUT2D eigenvalue weighted by Crippen LogP contribution is 2.55. The lowest BCUT2D eigenvalue weighted by molar-refractivity contribution is -0.0192. The predicted molar refractivity (Wildman–Crippen MR) is 86.8 cm³/mol. The molecular weight excluding hydrogens is 310 g/mol. The van der Waals surface area contributed by atoms with Crippen molar-refractivity contribution in [2.45, 2.75) is 50.5 Å². The molecule has 4 bridgehead atoms. The number of hydrogen-bond acceptors (Lipinski definition) is 1. The summed E-state index contributed by atoms with van der Waals surface area (Å²) in [6.07, 6.45) is 10.1. The Kier molecular flexibility index (Phi) is 3.42. The van der Waals surface area contributed by atoms with E-state index in [0.717, 1.165) is 30.7 Å². The molecule has 0 aliphatic heterocycles. The van der Waals surface area contributed by atoms with Crippen molar-refractivity contribution in [1.82, 2.24) is 5.32 Å². The average Bonchev–Trinajstić information content (AvgIpc) is 2.36. The molecule has 1 aromatic rings. The van der Waals surface area contributed by atoms with Crippen molar-refractivity contribution < 1.29 is 0 Å². The van der Waals surface area contributed by atoms with Crippen molar-refractivity contribution in [2.24, 2.45) is 17.8 Å². The second kappa shape index (κ2) is 5.14. The highest BCUT2D eigenvalue weighted by atomic mass is 79.9. The van der Waals surface area contributed by atoms with Gasteiger partial charge in [0.1, 0.15) is 0 Å². The van der Waals surface area contributed by atoms with E-state index < -0.39 is 0 Å². The Balaban J connectivity index is 1.37. The maximum Gasteiger partial charge on any atom is 0.0189 e. The van der Waals surface area contributed by atoms with Gasteiger partial charge in [-0.2, -0.15) is 0 Å². The summed E-state index contributed by atoms with van der Waals surface area (Å²) in [5, 5.41) is 3.98. The third-order valence-corrected chi connectivity index (χ3v) is 6.33. The number of halogens is 1. The normalized spacial score (nSPS) is 38.4. The molecule has 0 amide bonds. The standard InChI is InChI=1S/C18H24BrN/c19-17-3-1-2-13(9-17)4-5-20-18-10-14-6-15(11-18)8-16(7-14)12-18/h1-3,9,14-16,20H,4-8,10-12H2. The van der Waals surface area contributed by atoms with E-state index in [0.29, 0.717) is 5.54 Å². The Bertz CT molecular complexity index is 461. The minimum absolute atomic E-state index is 0.515. The molecule has 1 N–H and O–H groups in total. The smallest absolute Gasteiger partial charge is 0.0189 e. The Labute approximate surface area is 130 Å². The van der Waals surface area contributed by atoms with Gasteiger partial charge in [-0.05, 0) is 86.9 Å². The number of rotatable bonds is 4. The Morgan fingerprint density at radius 3 is 2.30 bits per heavy atom. The molecule has 108 valence electrons. The van der Waals surface area contributed by atoms with Crippen LogP contribution in [0.25, 0.3) is 0 Å². The minimum atomic E-state index is 0.515. The van der Waals surface area contributed by atoms with Crippen LogP contribution < -0.4 is 5.32 Å². The van der Waals surface area contributed by atoms with Crippen molar-refractivity contribution in [2.75, 3.05) is 6.54 Å². The number of hydrogen-bond donors (Lipinski definition) is 1. The lowest BCUT2D eigenvalue weighted by atomic mass is 9.53. The number of nitrogens with one attached hydrogen (secondary N) is 1. The van der Waals surface area contributed by atoms with Gasteiger partial charge in [0.2, 0.25) is 0 Å². The van der Waals surface area contributed by atoms with Crippen molar-refractivity contribution in [3.05, 3.63) is 34.3 Å². The summed E-state index contributed by atoms with van der Waals surface area (Å²) in [5.41, 5.74) is 1.96. The maximum atomic E-state index is 3.98. The van der Waals surface area contributed by atoms with Gasteiger partial charge in [-0.15, -0.1) is 0 Å². The van der Waals surface area contributed by atoms with Gasteiger partial charge in [0, 0.05) is 10.0 Å². The molecule has 4 saturated carbocycles. The van der Waals surface area contributed by atoms with Crippen LogP contribution >= 0.6 is 15.9 Å². The first-order chi connectivity index (χ1) is 9.71. The lowest BCUT2D eigenvalue weighted by Crippen LogP contribution is -2.58. The molecular formula is C18H24BrN. The Morgan fingerprint density at radius 2 is 1.70 bits per heavy atom. The molecule has 5 rings (SSSR count). The molecule has 0 saturated heterocycles. The highest BCUT2D eigenvalue weighted by Gasteiger charge is 2.50. The first-order valence-electron chi connectivity index (χ1n) is 8.20. The molecule has 1 aromatic carbocycles. The van der Waals surface area contributed by atoms with E-state index >= 15 is 0 Å². The summed E-state index contributed by atoms with van der Waals surface area (Å²) in [5.74, 6) is 3.12. The molecule has 0 unspecified atom stereocenters. The molecule has 4 aliphatic rings. The molecule has 4 aliphatic carbocycles. The summed E-state index contributed by atoms with van der Waals surface area (Å²) in [4.78, 5) is 0. The van der Waals surface area contributed by atoms with E-state index in [4.69, 9.17) is 0 Å². The Hall–Kier alpha value is -0.340. The molecule has 0 heterocycles. The summed E-state index contributed by atoms with van der Waals surface area (Å²) in [7, 11) is 0. The van der Waals surface area contributed by atoms with Crippen LogP contribution in [-0.4, -0.2) is 12.1 Å². The molecule has 20 heavy (non-hydrogen) atoms. The van der Waals surface area contributed by atoms with Gasteiger partial charge in [0.05, 0.1) is 0 Å². The second-order valence-electron chi connectivity index (χ2n) is 7.50. The van der Waals surface area contributed by atoms with Gasteiger partial charge in [-0.1, -0.05) is 28.1 Å². The highest BCUT2D eigenvalue weighted by molar-refractivity contribution is 9.10. The van der Waals surface area contributed by atoms with Crippen molar-refractivity contribution in [3.63, 3.8) is 0 Å². The fourth-order valence-electron chi connectivity index (χ4n) is 5.49. The van der Waals surface area contributed by atoms with Crippen LogP contribution in [0.1, 0.15) is 44.1 Å². The summed E-state index contributed by atoms with van der Waals surface area (Å²) in [6, 6.07) is 8.74. The first kappa shape index (κ1) is 13.3. The summed E-state index contributed by atoms with van der Waals surface area (Å²) < 4.78 is 1.20.